The summed E-state index contributed by atoms with van der Waals surface area (Å²) in [6.07, 6.45) is 9.54. The van der Waals surface area contributed by atoms with Gasteiger partial charge in [0.2, 0.25) is 0 Å². The van der Waals surface area contributed by atoms with E-state index in [2.05, 4.69) is 64.7 Å². The van der Waals surface area contributed by atoms with Crippen LogP contribution in [0.2, 0.25) is 0 Å². The van der Waals surface area contributed by atoms with Gasteiger partial charge in [-0.05, 0) is 104 Å². The average Bonchev–Trinajstić information content (AvgIpc) is 3.61. The Balaban J connectivity index is 0.868. The van der Waals surface area contributed by atoms with E-state index in [1.165, 1.54) is 21.9 Å². The van der Waals surface area contributed by atoms with Gasteiger partial charge in [-0.1, -0.05) is 30.3 Å². The van der Waals surface area contributed by atoms with Crippen LogP contribution in [0.15, 0.2) is 101 Å². The Hall–Kier alpha value is -4.55. The van der Waals surface area contributed by atoms with Crippen LogP contribution >= 0.6 is 0 Å². The molecule has 5 aliphatic carbocycles. The molecule has 4 saturated carbocycles. The van der Waals surface area contributed by atoms with E-state index >= 15 is 0 Å². The second-order valence-corrected chi connectivity index (χ2v) is 13.6. The molecule has 2 unspecified atom stereocenters. The van der Waals surface area contributed by atoms with Gasteiger partial charge in [-0.15, -0.1) is 0 Å². The number of hydrogen-bond donors (Lipinski definition) is 0. The van der Waals surface area contributed by atoms with Gasteiger partial charge in [-0.25, -0.2) is 4.79 Å². The van der Waals surface area contributed by atoms with E-state index in [0.29, 0.717) is 23.3 Å². The van der Waals surface area contributed by atoms with Crippen LogP contribution in [0.4, 0.5) is 0 Å². The zero-order valence-corrected chi connectivity index (χ0v) is 26.0. The quantitative estimate of drug-likeness (QED) is 0.122. The average molecular weight is 614 g/mol. The highest BCUT2D eigenvalue weighted by Crippen LogP contribution is 2.64. The third-order valence-corrected chi connectivity index (χ3v) is 10.9. The molecule has 4 bridgehead atoms. The van der Waals surface area contributed by atoms with Gasteiger partial charge in [0.1, 0.15) is 22.8 Å². The lowest BCUT2D eigenvalue weighted by Gasteiger charge is -2.44. The fourth-order valence-electron chi connectivity index (χ4n) is 8.92. The number of benzene rings is 4. The van der Waals surface area contributed by atoms with Gasteiger partial charge in [0.15, 0.2) is 6.61 Å². The normalized spacial score (nSPS) is 25.9. The summed E-state index contributed by atoms with van der Waals surface area (Å²) < 4.78 is 27.3. The summed E-state index contributed by atoms with van der Waals surface area (Å²) in [6, 6.07) is 30.6. The highest BCUT2D eigenvalue weighted by molar-refractivity contribution is 6.11. The topological polar surface area (TPSA) is 56.7 Å². The Morgan fingerprint density at radius 3 is 2.13 bits per heavy atom. The molecule has 0 spiro atoms. The predicted octanol–water partition coefficient (Wildman–Crippen LogP) is 9.50. The summed E-state index contributed by atoms with van der Waals surface area (Å²) in [7, 11) is 1.79. The van der Waals surface area contributed by atoms with Gasteiger partial charge < -0.3 is 23.0 Å². The summed E-state index contributed by atoms with van der Waals surface area (Å²) in [5.74, 6) is 3.93. The standard InChI is InChI=1S/C40H37O6/c1-42-39-20-27-22-40(25-39,23-28(27)21-39)45-37(41)24-43-29-12-14-30(15-13-29)44-31-16-18-32(19-17-31)46-35-10-3-2-8-34(35)38-33(26-6-4-7-26)9-5-11-36(38)46/h2-3,5-6,8-19,27-28H,4,7,20-25H2,1H3/q+1. The van der Waals surface area contributed by atoms with Gasteiger partial charge in [0.25, 0.3) is 16.9 Å². The van der Waals surface area contributed by atoms with Crippen molar-refractivity contribution < 1.29 is 27.8 Å². The number of methoxy groups -OCH3 is 1. The Bertz CT molecular complexity index is 1990. The van der Waals surface area contributed by atoms with E-state index in [-0.39, 0.29) is 23.8 Å². The Morgan fingerprint density at radius 1 is 0.783 bits per heavy atom. The first-order chi connectivity index (χ1) is 22.5. The number of hydrogen-bond acceptors (Lipinski definition) is 5. The molecule has 232 valence electrons. The van der Waals surface area contributed by atoms with Crippen molar-refractivity contribution >= 4 is 33.5 Å². The van der Waals surface area contributed by atoms with Crippen molar-refractivity contribution in [2.75, 3.05) is 13.7 Å². The van der Waals surface area contributed by atoms with Gasteiger partial charge in [0.05, 0.1) is 16.4 Å². The van der Waals surface area contributed by atoms with Gasteiger partial charge >= 0.3 is 5.97 Å². The number of fused-ring (bicyclic) bond motifs is 3. The van der Waals surface area contributed by atoms with Crippen molar-refractivity contribution in [2.24, 2.45) is 11.8 Å². The number of allylic oxidation sites excluding steroid dienone is 2. The first-order valence-corrected chi connectivity index (χ1v) is 16.4. The highest BCUT2D eigenvalue weighted by Gasteiger charge is 2.64. The van der Waals surface area contributed by atoms with Crippen LogP contribution in [0.1, 0.15) is 50.5 Å². The van der Waals surface area contributed by atoms with E-state index in [1.807, 2.05) is 36.4 Å². The number of furan rings is 1. The molecule has 1 heterocycles. The molecule has 0 aliphatic heterocycles. The number of rotatable bonds is 9. The molecule has 0 saturated heterocycles. The Labute approximate surface area is 268 Å². The molecule has 5 aliphatic rings. The van der Waals surface area contributed by atoms with Crippen LogP contribution in [0.25, 0.3) is 33.3 Å². The van der Waals surface area contributed by atoms with Crippen LogP contribution in [0, 0.1) is 11.8 Å². The first kappa shape index (κ1) is 27.7. The number of ether oxygens (including phenoxy) is 4. The Morgan fingerprint density at radius 2 is 1.43 bits per heavy atom. The SMILES string of the molecule is COC12CC3CC(OC(=O)COc4ccc(Oc5ccc(-[o+]6c7ccccc7c7c(C8=CCC8)cccc76)cc5)cc4)(CC3C1)C2. The molecule has 1 aromatic heterocycles. The lowest BCUT2D eigenvalue weighted by atomic mass is 9.75. The summed E-state index contributed by atoms with van der Waals surface area (Å²) in [5, 5.41) is 2.51. The summed E-state index contributed by atoms with van der Waals surface area (Å²) in [5.41, 5.74) is 4.50. The second-order valence-electron chi connectivity index (χ2n) is 13.6. The lowest BCUT2D eigenvalue weighted by molar-refractivity contribution is -0.179. The van der Waals surface area contributed by atoms with Gasteiger partial charge in [0, 0.05) is 37.8 Å². The van der Waals surface area contributed by atoms with E-state index in [9.17, 15) is 4.79 Å². The zero-order chi connectivity index (χ0) is 30.9. The minimum atomic E-state index is -0.383. The first-order valence-electron chi connectivity index (χ1n) is 16.4. The molecule has 6 heteroatoms. The van der Waals surface area contributed by atoms with Crippen molar-refractivity contribution in [3.8, 4) is 23.0 Å². The fourth-order valence-corrected chi connectivity index (χ4v) is 8.92. The minimum Gasteiger partial charge on any atom is -0.498 e. The van der Waals surface area contributed by atoms with E-state index in [0.717, 1.165) is 67.6 Å². The number of carbonyl (C=O) groups excluding carboxylic acids is 1. The van der Waals surface area contributed by atoms with Crippen LogP contribution in [0.3, 0.4) is 0 Å². The molecule has 10 rings (SSSR count). The molecule has 4 aromatic carbocycles. The van der Waals surface area contributed by atoms with Gasteiger partial charge in [-0.3, -0.25) is 0 Å². The number of para-hydroxylation sites is 1. The second kappa shape index (κ2) is 10.5. The molecule has 6 nitrogen and oxygen atoms in total. The third kappa shape index (κ3) is 4.53. The van der Waals surface area contributed by atoms with Crippen molar-refractivity contribution in [2.45, 2.75) is 56.1 Å². The molecule has 0 N–H and O–H groups in total. The summed E-state index contributed by atoms with van der Waals surface area (Å²) in [6.45, 7) is -0.113. The molecule has 0 amide bonds. The van der Waals surface area contributed by atoms with Crippen molar-refractivity contribution in [3.05, 3.63) is 103 Å². The fraction of sp³-hybridized carbons (Fsp3) is 0.325. The lowest BCUT2D eigenvalue weighted by Crippen LogP contribution is -2.48. The minimum absolute atomic E-state index is 0.107. The van der Waals surface area contributed by atoms with Crippen LogP contribution in [-0.2, 0) is 14.3 Å². The maximum Gasteiger partial charge on any atom is 0.344 e. The molecule has 4 fully saturated rings. The van der Waals surface area contributed by atoms with Crippen LogP contribution in [0.5, 0.6) is 17.2 Å². The van der Waals surface area contributed by atoms with Crippen molar-refractivity contribution in [1.82, 2.24) is 0 Å². The van der Waals surface area contributed by atoms with Crippen LogP contribution < -0.4 is 9.47 Å². The molecule has 2 atom stereocenters. The van der Waals surface area contributed by atoms with Crippen molar-refractivity contribution in [3.63, 3.8) is 0 Å². The third-order valence-electron chi connectivity index (χ3n) is 10.9. The highest BCUT2D eigenvalue weighted by atomic mass is 16.6. The number of esters is 1. The van der Waals surface area contributed by atoms with E-state index in [1.54, 1.807) is 7.11 Å². The smallest absolute Gasteiger partial charge is 0.344 e. The summed E-state index contributed by atoms with van der Waals surface area (Å²) in [4.78, 5) is 12.8. The van der Waals surface area contributed by atoms with Crippen molar-refractivity contribution in [1.29, 1.82) is 0 Å². The molecular formula is C40H37O6+. The van der Waals surface area contributed by atoms with Gasteiger partial charge in [-0.2, -0.15) is 0 Å². The predicted molar refractivity (Wildman–Crippen MR) is 178 cm³/mol. The molecular weight excluding hydrogens is 576 g/mol. The molecule has 0 radical (unpaired) electrons. The maximum absolute atomic E-state index is 12.8. The Kier molecular flexibility index (Phi) is 6.33. The largest absolute Gasteiger partial charge is 0.498 e. The van der Waals surface area contributed by atoms with Crippen LogP contribution in [-0.4, -0.2) is 30.9 Å². The summed E-state index contributed by atoms with van der Waals surface area (Å²) >= 11 is 0. The number of carbonyl (C=O) groups is 1. The van der Waals surface area contributed by atoms with E-state index in [4.69, 9.17) is 18.9 Å². The van der Waals surface area contributed by atoms with E-state index < -0.39 is 0 Å². The molecule has 46 heavy (non-hydrogen) atoms. The maximum atomic E-state index is 12.8. The monoisotopic (exact) mass is 613 g/mol. The molecule has 5 aromatic rings. The zero-order valence-electron chi connectivity index (χ0n) is 26.0.